The first-order valence-corrected chi connectivity index (χ1v) is 8.78. The lowest BCUT2D eigenvalue weighted by molar-refractivity contribution is -0.116. The number of rotatable bonds is 5. The number of nitrogens with two attached hydrogens (primary N) is 1. The number of hydrogen-bond donors (Lipinski definition) is 3. The molecule has 0 unspecified atom stereocenters. The first-order chi connectivity index (χ1) is 13.3. The Morgan fingerprint density at radius 1 is 1.04 bits per heavy atom. The number of carbonyl (C=O) groups excluding carboxylic acids is 2. The second-order valence-corrected chi connectivity index (χ2v) is 6.60. The molecule has 0 atom stereocenters. The SMILES string of the molecule is Cc1ccc(NC(=O)Cn2nnc(C(=O)Nc3cccc(C)c3C)c2N)cc1. The van der Waals surface area contributed by atoms with Gasteiger partial charge >= 0.3 is 0 Å². The zero-order valence-corrected chi connectivity index (χ0v) is 16.0. The average Bonchev–Trinajstić information content (AvgIpc) is 3.01. The molecule has 8 heteroatoms. The normalized spacial score (nSPS) is 10.5. The Labute approximate surface area is 162 Å². The van der Waals surface area contributed by atoms with Crippen LogP contribution in [0.5, 0.6) is 0 Å². The van der Waals surface area contributed by atoms with E-state index in [4.69, 9.17) is 5.73 Å². The van der Waals surface area contributed by atoms with E-state index in [0.29, 0.717) is 11.4 Å². The fraction of sp³-hybridized carbons (Fsp3) is 0.200. The highest BCUT2D eigenvalue weighted by atomic mass is 16.2. The van der Waals surface area contributed by atoms with Crippen LogP contribution in [0.1, 0.15) is 27.2 Å². The van der Waals surface area contributed by atoms with Crippen LogP contribution in [-0.2, 0) is 11.3 Å². The number of carbonyl (C=O) groups is 2. The summed E-state index contributed by atoms with van der Waals surface area (Å²) < 4.78 is 1.20. The number of aryl methyl sites for hydroxylation is 2. The van der Waals surface area contributed by atoms with Crippen molar-refractivity contribution in [2.24, 2.45) is 0 Å². The third-order valence-electron chi connectivity index (χ3n) is 4.47. The lowest BCUT2D eigenvalue weighted by Gasteiger charge is -2.09. The van der Waals surface area contributed by atoms with E-state index in [1.165, 1.54) is 4.68 Å². The van der Waals surface area contributed by atoms with Gasteiger partial charge in [-0.3, -0.25) is 9.59 Å². The molecule has 4 N–H and O–H groups in total. The van der Waals surface area contributed by atoms with Gasteiger partial charge in [-0.1, -0.05) is 35.0 Å². The Kier molecular flexibility index (Phi) is 5.39. The maximum atomic E-state index is 12.5. The number of hydrogen-bond acceptors (Lipinski definition) is 5. The summed E-state index contributed by atoms with van der Waals surface area (Å²) in [5, 5.41) is 13.2. The van der Waals surface area contributed by atoms with Crippen molar-refractivity contribution in [1.82, 2.24) is 15.0 Å². The molecule has 0 aliphatic heterocycles. The maximum Gasteiger partial charge on any atom is 0.280 e. The van der Waals surface area contributed by atoms with Crippen molar-refractivity contribution >= 4 is 29.0 Å². The molecule has 0 aliphatic rings. The summed E-state index contributed by atoms with van der Waals surface area (Å²) in [6.45, 7) is 5.69. The Balaban J connectivity index is 1.69. The van der Waals surface area contributed by atoms with Gasteiger partial charge in [0.1, 0.15) is 6.54 Å². The predicted molar refractivity (Wildman–Crippen MR) is 108 cm³/mol. The van der Waals surface area contributed by atoms with Crippen molar-refractivity contribution in [3.63, 3.8) is 0 Å². The van der Waals surface area contributed by atoms with E-state index in [1.54, 1.807) is 18.2 Å². The first-order valence-electron chi connectivity index (χ1n) is 8.78. The summed E-state index contributed by atoms with van der Waals surface area (Å²) in [5.41, 5.74) is 10.4. The summed E-state index contributed by atoms with van der Waals surface area (Å²) in [4.78, 5) is 24.7. The van der Waals surface area contributed by atoms with Gasteiger partial charge in [0.2, 0.25) is 5.91 Å². The number of nitrogens with one attached hydrogen (secondary N) is 2. The summed E-state index contributed by atoms with van der Waals surface area (Å²) >= 11 is 0. The van der Waals surface area contributed by atoms with Crippen LogP contribution < -0.4 is 16.4 Å². The van der Waals surface area contributed by atoms with E-state index in [0.717, 1.165) is 16.7 Å². The van der Waals surface area contributed by atoms with E-state index < -0.39 is 5.91 Å². The molecule has 3 aromatic rings. The van der Waals surface area contributed by atoms with Crippen LogP contribution >= 0.6 is 0 Å². The Bertz CT molecular complexity index is 1020. The van der Waals surface area contributed by atoms with Crippen molar-refractivity contribution in [2.45, 2.75) is 27.3 Å². The molecule has 8 nitrogen and oxygen atoms in total. The maximum absolute atomic E-state index is 12.5. The Hall–Kier alpha value is -3.68. The molecule has 0 bridgehead atoms. The molecular formula is C20H22N6O2. The van der Waals surface area contributed by atoms with Crippen LogP contribution in [0.25, 0.3) is 0 Å². The Morgan fingerprint density at radius 3 is 2.46 bits per heavy atom. The molecule has 0 saturated heterocycles. The number of amides is 2. The third kappa shape index (κ3) is 4.17. The van der Waals surface area contributed by atoms with Gasteiger partial charge in [0.25, 0.3) is 5.91 Å². The van der Waals surface area contributed by atoms with E-state index >= 15 is 0 Å². The molecule has 3 rings (SSSR count). The van der Waals surface area contributed by atoms with Gasteiger partial charge in [-0.25, -0.2) is 4.68 Å². The standard InChI is InChI=1S/C20H22N6O2/c1-12-7-9-15(10-8-12)22-17(27)11-26-19(21)18(24-25-26)20(28)23-16-6-4-5-13(2)14(16)3/h4-10H,11,21H2,1-3H3,(H,22,27)(H,23,28). The molecule has 0 fully saturated rings. The molecule has 0 radical (unpaired) electrons. The summed E-state index contributed by atoms with van der Waals surface area (Å²) in [6.07, 6.45) is 0. The van der Waals surface area contributed by atoms with E-state index in [1.807, 2.05) is 45.0 Å². The van der Waals surface area contributed by atoms with Crippen molar-refractivity contribution in [1.29, 1.82) is 0 Å². The van der Waals surface area contributed by atoms with Gasteiger partial charge in [-0.2, -0.15) is 0 Å². The quantitative estimate of drug-likeness (QED) is 0.631. The minimum Gasteiger partial charge on any atom is -0.382 e. The Morgan fingerprint density at radius 2 is 1.75 bits per heavy atom. The van der Waals surface area contributed by atoms with E-state index in [9.17, 15) is 9.59 Å². The van der Waals surface area contributed by atoms with Crippen LogP contribution in [0, 0.1) is 20.8 Å². The van der Waals surface area contributed by atoms with Gasteiger partial charge in [-0.05, 0) is 50.1 Å². The van der Waals surface area contributed by atoms with Crippen LogP contribution in [0.4, 0.5) is 17.2 Å². The predicted octanol–water partition coefficient (Wildman–Crippen LogP) is 2.68. The van der Waals surface area contributed by atoms with Crippen molar-refractivity contribution in [3.8, 4) is 0 Å². The monoisotopic (exact) mass is 378 g/mol. The molecule has 2 amide bonds. The molecule has 144 valence electrons. The molecule has 0 spiro atoms. The summed E-state index contributed by atoms with van der Waals surface area (Å²) in [6, 6.07) is 13.0. The molecule has 0 aliphatic carbocycles. The fourth-order valence-electron chi connectivity index (χ4n) is 2.64. The van der Waals surface area contributed by atoms with E-state index in [-0.39, 0.29) is 24.0 Å². The molecule has 28 heavy (non-hydrogen) atoms. The molecule has 2 aromatic carbocycles. The van der Waals surface area contributed by atoms with Crippen LogP contribution in [-0.4, -0.2) is 26.8 Å². The topological polar surface area (TPSA) is 115 Å². The molecular weight excluding hydrogens is 356 g/mol. The van der Waals surface area contributed by atoms with Gasteiger partial charge in [0.15, 0.2) is 11.5 Å². The molecule has 0 saturated carbocycles. The van der Waals surface area contributed by atoms with Crippen molar-refractivity contribution < 1.29 is 9.59 Å². The molecule has 1 aromatic heterocycles. The zero-order valence-electron chi connectivity index (χ0n) is 16.0. The smallest absolute Gasteiger partial charge is 0.280 e. The van der Waals surface area contributed by atoms with Crippen LogP contribution in [0.3, 0.4) is 0 Å². The lowest BCUT2D eigenvalue weighted by Crippen LogP contribution is -2.21. The van der Waals surface area contributed by atoms with Crippen molar-refractivity contribution in [3.05, 3.63) is 64.8 Å². The average molecular weight is 378 g/mol. The third-order valence-corrected chi connectivity index (χ3v) is 4.47. The second kappa shape index (κ2) is 7.91. The fourth-order valence-corrected chi connectivity index (χ4v) is 2.64. The largest absolute Gasteiger partial charge is 0.382 e. The number of nitrogens with zero attached hydrogens (tertiary/aromatic N) is 3. The number of anilines is 3. The minimum absolute atomic E-state index is 0.0240. The first kappa shape index (κ1) is 19.1. The van der Waals surface area contributed by atoms with Crippen LogP contribution in [0.15, 0.2) is 42.5 Å². The van der Waals surface area contributed by atoms with Gasteiger partial charge in [0, 0.05) is 11.4 Å². The minimum atomic E-state index is -0.476. The van der Waals surface area contributed by atoms with E-state index in [2.05, 4.69) is 20.9 Å². The van der Waals surface area contributed by atoms with Crippen molar-refractivity contribution in [2.75, 3.05) is 16.4 Å². The second-order valence-electron chi connectivity index (χ2n) is 6.60. The highest BCUT2D eigenvalue weighted by Crippen LogP contribution is 2.19. The highest BCUT2D eigenvalue weighted by molar-refractivity contribution is 6.06. The summed E-state index contributed by atoms with van der Waals surface area (Å²) in [7, 11) is 0. The zero-order chi connectivity index (χ0) is 20.3. The molecule has 1 heterocycles. The number of benzene rings is 2. The number of nitrogen functional groups attached to an aromatic ring is 1. The number of aromatic nitrogens is 3. The van der Waals surface area contributed by atoms with Gasteiger partial charge in [-0.15, -0.1) is 5.10 Å². The highest BCUT2D eigenvalue weighted by Gasteiger charge is 2.19. The summed E-state index contributed by atoms with van der Waals surface area (Å²) in [5.74, 6) is -0.764. The van der Waals surface area contributed by atoms with Gasteiger partial charge in [0.05, 0.1) is 0 Å². The van der Waals surface area contributed by atoms with Gasteiger partial charge < -0.3 is 16.4 Å². The lowest BCUT2D eigenvalue weighted by atomic mass is 10.1. The van der Waals surface area contributed by atoms with Crippen LogP contribution in [0.2, 0.25) is 0 Å².